The lowest BCUT2D eigenvalue weighted by atomic mass is 9.55. The smallest absolute Gasteiger partial charge is 0.0776 e. The van der Waals surface area contributed by atoms with E-state index in [1.807, 2.05) is 11.1 Å². The summed E-state index contributed by atoms with van der Waals surface area (Å²) in [6.45, 7) is 12.6. The van der Waals surface area contributed by atoms with Crippen LogP contribution in [0.15, 0.2) is 18.2 Å². The van der Waals surface area contributed by atoms with Gasteiger partial charge < -0.3 is 10.6 Å². The zero-order valence-corrected chi connectivity index (χ0v) is 31.3. The summed E-state index contributed by atoms with van der Waals surface area (Å²) < 4.78 is 0. The number of rotatable bonds is 8. The molecule has 11 rings (SSSR count). The molecule has 2 heterocycles. The Kier molecular flexibility index (Phi) is 7.84. The van der Waals surface area contributed by atoms with Gasteiger partial charge in [0.15, 0.2) is 0 Å². The lowest BCUT2D eigenvalue weighted by molar-refractivity contribution is 0.0129. The molecule has 0 amide bonds. The largest absolute Gasteiger partial charge is 0.316 e. The molecule has 1 aromatic rings. The predicted octanol–water partition coefficient (Wildman–Crippen LogP) is 8.15. The van der Waals surface area contributed by atoms with E-state index in [9.17, 15) is 0 Å². The molecule has 10 fully saturated rings. The molecule has 0 aromatic heterocycles. The van der Waals surface area contributed by atoms with Gasteiger partial charge in [0, 0.05) is 5.16 Å². The second-order valence-electron chi connectivity index (χ2n) is 18.9. The van der Waals surface area contributed by atoms with E-state index in [0.717, 1.165) is 70.5 Å². The van der Waals surface area contributed by atoms with Crippen LogP contribution in [0.5, 0.6) is 0 Å². The van der Waals surface area contributed by atoms with E-state index in [0.29, 0.717) is 0 Å². The zero-order valence-electron chi connectivity index (χ0n) is 28.2. The maximum absolute atomic E-state index is 3.83. The van der Waals surface area contributed by atoms with Gasteiger partial charge in [-0.15, -0.1) is 9.24 Å². The van der Waals surface area contributed by atoms with Crippen LogP contribution >= 0.6 is 17.2 Å². The fourth-order valence-corrected chi connectivity index (χ4v) is 20.6. The van der Waals surface area contributed by atoms with E-state index in [1.165, 1.54) is 45.2 Å². The maximum atomic E-state index is 3.83. The summed E-state index contributed by atoms with van der Waals surface area (Å²) in [4.78, 5) is 0. The summed E-state index contributed by atoms with van der Waals surface area (Å²) in [6.07, 6.45) is 20.2. The van der Waals surface area contributed by atoms with Crippen molar-refractivity contribution in [1.82, 2.24) is 10.6 Å². The van der Waals surface area contributed by atoms with Crippen LogP contribution in [-0.4, -0.2) is 45.6 Å². The van der Waals surface area contributed by atoms with Crippen molar-refractivity contribution in [3.8, 4) is 0 Å². The van der Waals surface area contributed by atoms with E-state index < -0.39 is 8.07 Å². The molecule has 8 bridgehead atoms. The predicted molar refractivity (Wildman–Crippen MR) is 195 cm³/mol. The lowest BCUT2D eigenvalue weighted by Gasteiger charge is -2.62. The topological polar surface area (TPSA) is 24.1 Å². The first kappa shape index (κ1) is 30.3. The van der Waals surface area contributed by atoms with Gasteiger partial charge in [0.2, 0.25) is 0 Å². The van der Waals surface area contributed by atoms with Gasteiger partial charge in [-0.25, -0.2) is 0 Å². The molecule has 242 valence electrons. The Bertz CT molecular complexity index is 1110. The highest BCUT2D eigenvalue weighted by Crippen LogP contribution is 2.72. The average molecular weight is 649 g/mol. The third kappa shape index (κ3) is 5.05. The van der Waals surface area contributed by atoms with Crippen molar-refractivity contribution in [2.45, 2.75) is 119 Å². The van der Waals surface area contributed by atoms with Gasteiger partial charge in [0.05, 0.1) is 8.07 Å². The second kappa shape index (κ2) is 11.4. The lowest BCUT2D eigenvalue weighted by Crippen LogP contribution is -2.52. The van der Waals surface area contributed by atoms with Crippen LogP contribution in [0, 0.1) is 59.2 Å². The Labute approximate surface area is 274 Å². The molecule has 8 saturated carbocycles. The van der Waals surface area contributed by atoms with Gasteiger partial charge in [0.1, 0.15) is 0 Å². The highest BCUT2D eigenvalue weighted by Gasteiger charge is 2.57. The molecule has 0 radical (unpaired) electrons. The molecule has 3 unspecified atom stereocenters. The molecule has 8 aliphatic carbocycles. The third-order valence-electron chi connectivity index (χ3n) is 15.4. The number of hydrogen-bond acceptors (Lipinski definition) is 2. The average Bonchev–Trinajstić information content (AvgIpc) is 3.71. The monoisotopic (exact) mass is 648 g/mol. The van der Waals surface area contributed by atoms with Crippen LogP contribution in [0.1, 0.15) is 88.2 Å². The SMILES string of the molecule is C[Si](C)(C)c1ccc(CP(C2C3CC4CC(C3)CC2C4)C2C3CC4CC(C3)CC2C4)c(C(P)(C2CCNC2)C2CCNC2)c1. The van der Waals surface area contributed by atoms with E-state index in [2.05, 4.69) is 57.7 Å². The molecule has 2 aliphatic heterocycles. The van der Waals surface area contributed by atoms with Crippen LogP contribution < -0.4 is 15.8 Å². The molecule has 2 saturated heterocycles. The summed E-state index contributed by atoms with van der Waals surface area (Å²) in [7, 11) is 2.23. The van der Waals surface area contributed by atoms with Crippen molar-refractivity contribution in [1.29, 1.82) is 0 Å². The van der Waals surface area contributed by atoms with Gasteiger partial charge in [0.25, 0.3) is 0 Å². The standard InChI is InChI=1S/C39H62N2P2Si/c1-44(2,3)35-5-4-28(36(20-35)39(42,33-6-8-40-21-33)34-7-9-41-22-34)23-43(37-29-12-24-10-25(14-29)15-30(37)13-24)38-31-16-26-11-27(18-31)19-32(38)17-26/h4-5,20,24-27,29-34,37-38,40-41H,6-19,21-23,42H2,1-3H3. The number of benzene rings is 1. The zero-order chi connectivity index (χ0) is 29.8. The van der Waals surface area contributed by atoms with Crippen LogP contribution in [0.25, 0.3) is 0 Å². The van der Waals surface area contributed by atoms with Crippen molar-refractivity contribution < 1.29 is 0 Å². The summed E-state index contributed by atoms with van der Waals surface area (Å²) >= 11 is 0. The van der Waals surface area contributed by atoms with Gasteiger partial charge in [-0.05, 0) is 191 Å². The summed E-state index contributed by atoms with van der Waals surface area (Å²) in [5, 5.41) is 9.56. The maximum Gasteiger partial charge on any atom is 0.0776 e. The second-order valence-corrected chi connectivity index (χ2v) is 27.5. The normalized spacial score (nSPS) is 46.1. The van der Waals surface area contributed by atoms with Crippen LogP contribution in [-0.2, 0) is 11.3 Å². The Hall–Kier alpha value is 0.217. The fraction of sp³-hybridized carbons (Fsp3) is 0.846. The Morgan fingerprint density at radius 1 is 0.705 bits per heavy atom. The molecule has 2 N–H and O–H groups in total. The van der Waals surface area contributed by atoms with Crippen molar-refractivity contribution in [3.63, 3.8) is 0 Å². The highest BCUT2D eigenvalue weighted by molar-refractivity contribution is 7.58. The Balaban J connectivity index is 1.15. The van der Waals surface area contributed by atoms with Gasteiger partial charge in [-0.2, -0.15) is 0 Å². The highest BCUT2D eigenvalue weighted by atomic mass is 31.1. The van der Waals surface area contributed by atoms with Crippen molar-refractivity contribution in [2.24, 2.45) is 59.2 Å². The minimum atomic E-state index is -1.43. The molecular weight excluding hydrogens is 586 g/mol. The summed E-state index contributed by atoms with van der Waals surface area (Å²) in [5.41, 5.74) is 5.81. The molecule has 10 aliphatic rings. The molecule has 44 heavy (non-hydrogen) atoms. The first-order valence-electron chi connectivity index (χ1n) is 19.3. The third-order valence-corrected chi connectivity index (χ3v) is 22.6. The van der Waals surface area contributed by atoms with E-state index in [-0.39, 0.29) is 13.1 Å². The Morgan fingerprint density at radius 2 is 1.16 bits per heavy atom. The van der Waals surface area contributed by atoms with Crippen LogP contribution in [0.2, 0.25) is 19.6 Å². The van der Waals surface area contributed by atoms with Crippen molar-refractivity contribution in [2.75, 3.05) is 26.2 Å². The van der Waals surface area contributed by atoms with Crippen LogP contribution in [0.3, 0.4) is 0 Å². The first-order valence-corrected chi connectivity index (χ1v) is 25.1. The molecule has 2 nitrogen and oxygen atoms in total. The molecule has 3 atom stereocenters. The van der Waals surface area contributed by atoms with Gasteiger partial charge >= 0.3 is 0 Å². The number of nitrogens with one attached hydrogen (secondary N) is 2. The minimum absolute atomic E-state index is 0.00863. The number of hydrogen-bond donors (Lipinski definition) is 2. The van der Waals surface area contributed by atoms with Crippen molar-refractivity contribution >= 4 is 30.4 Å². The van der Waals surface area contributed by atoms with Gasteiger partial charge in [-0.1, -0.05) is 50.9 Å². The van der Waals surface area contributed by atoms with E-state index in [4.69, 9.17) is 0 Å². The first-order chi connectivity index (χ1) is 21.2. The molecule has 0 spiro atoms. The Morgan fingerprint density at radius 3 is 1.55 bits per heavy atom. The van der Waals surface area contributed by atoms with E-state index in [1.54, 1.807) is 69.4 Å². The molecular formula is C39H62N2P2Si. The molecule has 1 aromatic carbocycles. The summed E-state index contributed by atoms with van der Waals surface area (Å²) in [5.74, 6) is 10.2. The minimum Gasteiger partial charge on any atom is -0.316 e. The van der Waals surface area contributed by atoms with E-state index >= 15 is 0 Å². The summed E-state index contributed by atoms with van der Waals surface area (Å²) in [6, 6.07) is 8.25. The van der Waals surface area contributed by atoms with Crippen LogP contribution in [0.4, 0.5) is 0 Å². The quantitative estimate of drug-likeness (QED) is 0.220. The molecule has 5 heteroatoms. The fourth-order valence-electron chi connectivity index (χ4n) is 14.0. The van der Waals surface area contributed by atoms with Gasteiger partial charge in [-0.3, -0.25) is 0 Å². The van der Waals surface area contributed by atoms with Crippen molar-refractivity contribution in [3.05, 3.63) is 29.3 Å².